The quantitative estimate of drug-likeness (QED) is 0.669. The van der Waals surface area contributed by atoms with Gasteiger partial charge in [-0.25, -0.2) is 8.42 Å². The zero-order chi connectivity index (χ0) is 22.7. The van der Waals surface area contributed by atoms with Crippen molar-refractivity contribution in [3.05, 3.63) is 48.5 Å². The van der Waals surface area contributed by atoms with Crippen LogP contribution in [0.25, 0.3) is 0 Å². The van der Waals surface area contributed by atoms with Crippen LogP contribution in [0.15, 0.2) is 58.3 Å². The van der Waals surface area contributed by atoms with Crippen molar-refractivity contribution in [2.45, 2.75) is 47.6 Å². The maximum atomic E-state index is 13.3. The third kappa shape index (κ3) is 4.49. The molecule has 0 spiro atoms. The number of likely N-dealkylation sites (tertiary alicyclic amines) is 1. The van der Waals surface area contributed by atoms with Crippen LogP contribution >= 0.6 is 11.8 Å². The van der Waals surface area contributed by atoms with Gasteiger partial charge in [0.1, 0.15) is 0 Å². The second kappa shape index (κ2) is 9.54. The van der Waals surface area contributed by atoms with Crippen LogP contribution in [0.1, 0.15) is 32.6 Å². The molecule has 170 valence electrons. The molecular formula is C23H27N3O4S2. The number of amides is 2. The standard InChI is InChI=1S/C23H27N3O4S2/c1-2-26(17-10-6-5-7-11-17)32(29,30)18-12-13-20-19(16-18)24-22(27)21(31-20)23(28)25-14-8-3-4-9-15-25/h5-7,10-13,16,21H,2-4,8-9,14-15H2,1H3,(H,24,27)/t21-/m1/s1. The normalized spacial score (nSPS) is 19.0. The van der Waals surface area contributed by atoms with Crippen molar-refractivity contribution in [1.82, 2.24) is 4.90 Å². The summed E-state index contributed by atoms with van der Waals surface area (Å²) in [5, 5.41) is 1.92. The molecule has 2 amide bonds. The molecular weight excluding hydrogens is 446 g/mol. The van der Waals surface area contributed by atoms with E-state index in [1.807, 2.05) is 6.07 Å². The summed E-state index contributed by atoms with van der Waals surface area (Å²) in [6.45, 7) is 3.41. The molecule has 0 unspecified atom stereocenters. The van der Waals surface area contributed by atoms with Gasteiger partial charge in [0.25, 0.3) is 10.0 Å². The number of para-hydroxylation sites is 1. The van der Waals surface area contributed by atoms with Gasteiger partial charge in [0.05, 0.1) is 16.3 Å². The van der Waals surface area contributed by atoms with Crippen LogP contribution < -0.4 is 9.62 Å². The summed E-state index contributed by atoms with van der Waals surface area (Å²) in [6.07, 6.45) is 4.12. The molecule has 2 aliphatic rings. The number of hydrogen-bond donors (Lipinski definition) is 1. The summed E-state index contributed by atoms with van der Waals surface area (Å²) < 4.78 is 27.9. The Morgan fingerprint density at radius 3 is 2.44 bits per heavy atom. The lowest BCUT2D eigenvalue weighted by molar-refractivity contribution is -0.133. The summed E-state index contributed by atoms with van der Waals surface area (Å²) in [5.74, 6) is -0.570. The Balaban J connectivity index is 1.58. The molecule has 0 bridgehead atoms. The first kappa shape index (κ1) is 22.7. The lowest BCUT2D eigenvalue weighted by Gasteiger charge is -2.29. The summed E-state index contributed by atoms with van der Waals surface area (Å²) in [6, 6.07) is 13.6. The van der Waals surface area contributed by atoms with Crippen molar-refractivity contribution >= 4 is 45.0 Å². The molecule has 1 saturated heterocycles. The Kier molecular flexibility index (Phi) is 6.76. The second-order valence-electron chi connectivity index (χ2n) is 7.89. The molecule has 0 radical (unpaired) electrons. The lowest BCUT2D eigenvalue weighted by atomic mass is 10.2. The fourth-order valence-electron chi connectivity index (χ4n) is 4.08. The number of hydrogen-bond acceptors (Lipinski definition) is 5. The highest BCUT2D eigenvalue weighted by Crippen LogP contribution is 2.38. The molecule has 2 aromatic rings. The molecule has 2 heterocycles. The molecule has 0 aromatic heterocycles. The van der Waals surface area contributed by atoms with Crippen molar-refractivity contribution in [3.63, 3.8) is 0 Å². The van der Waals surface area contributed by atoms with Gasteiger partial charge < -0.3 is 10.2 Å². The van der Waals surface area contributed by atoms with Crippen LogP contribution in [0, 0.1) is 0 Å². The Labute approximate surface area is 193 Å². The van der Waals surface area contributed by atoms with Crippen LogP contribution in [0.4, 0.5) is 11.4 Å². The Hall–Kier alpha value is -2.52. The van der Waals surface area contributed by atoms with Crippen LogP contribution in [0.3, 0.4) is 0 Å². The predicted octanol–water partition coefficient (Wildman–Crippen LogP) is 3.72. The van der Waals surface area contributed by atoms with E-state index in [9.17, 15) is 18.0 Å². The predicted molar refractivity (Wildman–Crippen MR) is 126 cm³/mol. The highest BCUT2D eigenvalue weighted by molar-refractivity contribution is 8.01. The number of carbonyl (C=O) groups excluding carboxylic acids is 2. The fraction of sp³-hybridized carbons (Fsp3) is 0.391. The third-order valence-corrected chi connectivity index (χ3v) is 8.91. The van der Waals surface area contributed by atoms with E-state index in [2.05, 4.69) is 5.32 Å². The molecule has 2 aromatic carbocycles. The molecule has 2 aliphatic heterocycles. The average molecular weight is 474 g/mol. The summed E-state index contributed by atoms with van der Waals surface area (Å²) >= 11 is 1.19. The van der Waals surface area contributed by atoms with Crippen molar-refractivity contribution in [2.24, 2.45) is 0 Å². The molecule has 32 heavy (non-hydrogen) atoms. The molecule has 7 nitrogen and oxygen atoms in total. The van der Waals surface area contributed by atoms with Gasteiger partial charge in [-0.2, -0.15) is 0 Å². The van der Waals surface area contributed by atoms with Crippen molar-refractivity contribution in [2.75, 3.05) is 29.3 Å². The number of fused-ring (bicyclic) bond motifs is 1. The number of sulfonamides is 1. The number of rotatable bonds is 5. The van der Waals surface area contributed by atoms with Gasteiger partial charge in [-0.15, -0.1) is 11.8 Å². The average Bonchev–Trinajstić information content (AvgIpc) is 3.08. The monoisotopic (exact) mass is 473 g/mol. The van der Waals surface area contributed by atoms with E-state index >= 15 is 0 Å². The topological polar surface area (TPSA) is 86.8 Å². The Morgan fingerprint density at radius 1 is 1.09 bits per heavy atom. The zero-order valence-corrected chi connectivity index (χ0v) is 19.6. The van der Waals surface area contributed by atoms with Crippen molar-refractivity contribution < 1.29 is 18.0 Å². The van der Waals surface area contributed by atoms with Crippen molar-refractivity contribution in [3.8, 4) is 0 Å². The zero-order valence-electron chi connectivity index (χ0n) is 18.0. The Bertz CT molecular complexity index is 1100. The van der Waals surface area contributed by atoms with Gasteiger partial charge in [0, 0.05) is 24.5 Å². The minimum atomic E-state index is -3.81. The van der Waals surface area contributed by atoms with Crippen LogP contribution in [-0.2, 0) is 19.6 Å². The van der Waals surface area contributed by atoms with Gasteiger partial charge in [0.2, 0.25) is 11.8 Å². The van der Waals surface area contributed by atoms with Crippen molar-refractivity contribution in [1.29, 1.82) is 0 Å². The summed E-state index contributed by atoms with van der Waals surface area (Å²) in [4.78, 5) is 28.3. The molecule has 1 fully saturated rings. The van der Waals surface area contributed by atoms with E-state index in [1.165, 1.54) is 28.2 Å². The van der Waals surface area contributed by atoms with Crippen LogP contribution in [-0.4, -0.2) is 50.0 Å². The molecule has 9 heteroatoms. The second-order valence-corrected chi connectivity index (χ2v) is 10.9. The largest absolute Gasteiger partial charge is 0.341 e. The van der Waals surface area contributed by atoms with E-state index in [-0.39, 0.29) is 17.3 Å². The molecule has 1 N–H and O–H groups in total. The van der Waals surface area contributed by atoms with Gasteiger partial charge in [-0.3, -0.25) is 13.9 Å². The maximum Gasteiger partial charge on any atom is 0.264 e. The molecule has 1 atom stereocenters. The van der Waals surface area contributed by atoms with E-state index in [1.54, 1.807) is 42.2 Å². The number of nitrogens with zero attached hydrogens (tertiary/aromatic N) is 2. The van der Waals surface area contributed by atoms with E-state index < -0.39 is 21.2 Å². The van der Waals surface area contributed by atoms with Gasteiger partial charge in [0.15, 0.2) is 5.25 Å². The number of thioether (sulfide) groups is 1. The third-order valence-electron chi connectivity index (χ3n) is 5.75. The lowest BCUT2D eigenvalue weighted by Crippen LogP contribution is -2.45. The number of carbonyl (C=O) groups is 2. The number of benzene rings is 2. The highest BCUT2D eigenvalue weighted by atomic mass is 32.2. The van der Waals surface area contributed by atoms with E-state index in [4.69, 9.17) is 0 Å². The minimum absolute atomic E-state index is 0.0974. The molecule has 0 saturated carbocycles. The summed E-state index contributed by atoms with van der Waals surface area (Å²) in [5.41, 5.74) is 0.999. The minimum Gasteiger partial charge on any atom is -0.341 e. The van der Waals surface area contributed by atoms with Gasteiger partial charge in [-0.1, -0.05) is 31.0 Å². The smallest absolute Gasteiger partial charge is 0.264 e. The number of anilines is 2. The SMILES string of the molecule is CCN(c1ccccc1)S(=O)(=O)c1ccc2c(c1)NC(=O)[C@H](C(=O)N1CCCCCC1)S2. The first-order valence-corrected chi connectivity index (χ1v) is 13.2. The number of nitrogens with one attached hydrogen (secondary N) is 1. The highest BCUT2D eigenvalue weighted by Gasteiger charge is 2.36. The van der Waals surface area contributed by atoms with Gasteiger partial charge in [-0.05, 0) is 50.1 Å². The molecule has 4 rings (SSSR count). The van der Waals surface area contributed by atoms with Crippen LogP contribution in [0.5, 0.6) is 0 Å². The van der Waals surface area contributed by atoms with Crippen LogP contribution in [0.2, 0.25) is 0 Å². The van der Waals surface area contributed by atoms with E-state index in [0.29, 0.717) is 29.4 Å². The first-order chi connectivity index (χ1) is 15.4. The maximum absolute atomic E-state index is 13.3. The van der Waals surface area contributed by atoms with Gasteiger partial charge >= 0.3 is 0 Å². The molecule has 0 aliphatic carbocycles. The first-order valence-electron chi connectivity index (χ1n) is 10.9. The summed E-state index contributed by atoms with van der Waals surface area (Å²) in [7, 11) is -3.81. The van der Waals surface area contributed by atoms with E-state index in [0.717, 1.165) is 25.7 Å². The fourth-order valence-corrected chi connectivity index (χ4v) is 6.63. The Morgan fingerprint density at radius 2 is 1.78 bits per heavy atom.